The number of amides is 1. The van der Waals surface area contributed by atoms with E-state index in [0.29, 0.717) is 12.1 Å². The topological polar surface area (TPSA) is 89.3 Å². The summed E-state index contributed by atoms with van der Waals surface area (Å²) in [6.07, 6.45) is 1.82. The van der Waals surface area contributed by atoms with Gasteiger partial charge < -0.3 is 5.73 Å². The third-order valence-corrected chi connectivity index (χ3v) is 6.30. The maximum atomic E-state index is 12.6. The third kappa shape index (κ3) is 1.78. The lowest BCUT2D eigenvalue weighted by Gasteiger charge is -2.27. The smallest absolute Gasteiger partial charge is 0.258 e. The number of nitrogens with two attached hydrogens (primary N) is 1. The standard InChI is InChI=1S/C13H16N2O3S/c14-12(16)13(19(17,18)8-9-5-6-9)11-4-2-1-3-10(11)7-15-13/h1-4,9,15H,5-8H2,(H2,14,16). The van der Waals surface area contributed by atoms with Gasteiger partial charge in [-0.15, -0.1) is 0 Å². The molecule has 1 fully saturated rings. The number of hydrogen-bond donors (Lipinski definition) is 2. The van der Waals surface area contributed by atoms with Crippen LogP contribution in [0, 0.1) is 5.92 Å². The molecule has 3 rings (SSSR count). The number of nitrogens with one attached hydrogen (secondary N) is 1. The first-order chi connectivity index (χ1) is 8.97. The Balaban J connectivity index is 2.14. The summed E-state index contributed by atoms with van der Waals surface area (Å²) in [7, 11) is -3.66. The fourth-order valence-corrected chi connectivity index (χ4v) is 5.04. The number of rotatable bonds is 4. The van der Waals surface area contributed by atoms with Gasteiger partial charge in [0.15, 0.2) is 9.84 Å². The Labute approximate surface area is 112 Å². The Kier molecular flexibility index (Phi) is 2.69. The van der Waals surface area contributed by atoms with Gasteiger partial charge in [0.05, 0.1) is 5.75 Å². The molecule has 6 heteroatoms. The van der Waals surface area contributed by atoms with Gasteiger partial charge in [-0.05, 0) is 24.3 Å². The van der Waals surface area contributed by atoms with Crippen LogP contribution in [0.5, 0.6) is 0 Å². The molecule has 1 aromatic carbocycles. The number of primary amides is 1. The average Bonchev–Trinajstić information content (AvgIpc) is 3.06. The molecule has 1 heterocycles. The van der Waals surface area contributed by atoms with Crippen LogP contribution in [0.2, 0.25) is 0 Å². The van der Waals surface area contributed by atoms with Crippen LogP contribution in [-0.4, -0.2) is 20.1 Å². The predicted octanol–water partition coefficient (Wildman–Crippen LogP) is 0.253. The van der Waals surface area contributed by atoms with E-state index >= 15 is 0 Å². The molecule has 0 spiro atoms. The Morgan fingerprint density at radius 2 is 2.05 bits per heavy atom. The van der Waals surface area contributed by atoms with E-state index in [4.69, 9.17) is 5.73 Å². The maximum absolute atomic E-state index is 12.6. The largest absolute Gasteiger partial charge is 0.367 e. The molecule has 1 aliphatic heterocycles. The van der Waals surface area contributed by atoms with Crippen LogP contribution in [0.1, 0.15) is 24.0 Å². The predicted molar refractivity (Wildman–Crippen MR) is 70.7 cm³/mol. The molecule has 0 bridgehead atoms. The molecule has 0 aromatic heterocycles. The lowest BCUT2D eigenvalue weighted by atomic mass is 10.0. The van der Waals surface area contributed by atoms with E-state index < -0.39 is 20.6 Å². The fourth-order valence-electron chi connectivity index (χ4n) is 2.70. The molecule has 2 aliphatic rings. The molecule has 1 aromatic rings. The van der Waals surface area contributed by atoms with Crippen molar-refractivity contribution in [2.24, 2.45) is 11.7 Å². The van der Waals surface area contributed by atoms with Crippen molar-refractivity contribution < 1.29 is 13.2 Å². The van der Waals surface area contributed by atoms with Crippen LogP contribution in [-0.2, 0) is 26.0 Å². The second kappa shape index (κ2) is 4.05. The number of carbonyl (C=O) groups is 1. The molecule has 1 unspecified atom stereocenters. The number of benzene rings is 1. The van der Waals surface area contributed by atoms with Gasteiger partial charge in [-0.1, -0.05) is 24.3 Å². The highest BCUT2D eigenvalue weighted by Gasteiger charge is 2.55. The van der Waals surface area contributed by atoms with Gasteiger partial charge in [-0.2, -0.15) is 0 Å². The first kappa shape index (κ1) is 12.6. The zero-order valence-electron chi connectivity index (χ0n) is 10.4. The molecule has 5 nitrogen and oxygen atoms in total. The average molecular weight is 280 g/mol. The monoisotopic (exact) mass is 280 g/mol. The molecule has 102 valence electrons. The highest BCUT2D eigenvalue weighted by molar-refractivity contribution is 7.93. The minimum Gasteiger partial charge on any atom is -0.367 e. The summed E-state index contributed by atoms with van der Waals surface area (Å²) in [5, 5.41) is 2.85. The maximum Gasteiger partial charge on any atom is 0.258 e. The van der Waals surface area contributed by atoms with Gasteiger partial charge in [-0.25, -0.2) is 8.42 Å². The SMILES string of the molecule is NC(=O)C1(S(=O)(=O)CC2CC2)NCc2ccccc21. The highest BCUT2D eigenvalue weighted by Crippen LogP contribution is 2.40. The molecule has 1 amide bonds. The van der Waals surface area contributed by atoms with Crippen molar-refractivity contribution in [3.05, 3.63) is 35.4 Å². The van der Waals surface area contributed by atoms with Crippen LogP contribution in [0.3, 0.4) is 0 Å². The first-order valence-corrected chi connectivity index (χ1v) is 7.98. The minimum atomic E-state index is -3.66. The van der Waals surface area contributed by atoms with Crippen LogP contribution in [0.25, 0.3) is 0 Å². The Bertz CT molecular complexity index is 637. The van der Waals surface area contributed by atoms with Crippen LogP contribution in [0.15, 0.2) is 24.3 Å². The summed E-state index contributed by atoms with van der Waals surface area (Å²) in [5.41, 5.74) is 6.76. The summed E-state index contributed by atoms with van der Waals surface area (Å²) in [5.74, 6) is -0.633. The second-order valence-electron chi connectivity index (χ2n) is 5.28. The molecular weight excluding hydrogens is 264 g/mol. The van der Waals surface area contributed by atoms with E-state index in [1.54, 1.807) is 12.1 Å². The van der Waals surface area contributed by atoms with E-state index in [2.05, 4.69) is 5.32 Å². The Hall–Kier alpha value is -1.40. The van der Waals surface area contributed by atoms with Crippen molar-refractivity contribution >= 4 is 15.7 Å². The van der Waals surface area contributed by atoms with E-state index in [0.717, 1.165) is 18.4 Å². The molecule has 0 radical (unpaired) electrons. The lowest BCUT2D eigenvalue weighted by Crippen LogP contribution is -2.55. The van der Waals surface area contributed by atoms with E-state index in [1.165, 1.54) is 0 Å². The van der Waals surface area contributed by atoms with Crippen LogP contribution < -0.4 is 11.1 Å². The van der Waals surface area contributed by atoms with Gasteiger partial charge in [0, 0.05) is 12.1 Å². The van der Waals surface area contributed by atoms with Crippen molar-refractivity contribution in [3.8, 4) is 0 Å². The van der Waals surface area contributed by atoms with Crippen molar-refractivity contribution in [1.29, 1.82) is 0 Å². The van der Waals surface area contributed by atoms with Crippen LogP contribution in [0.4, 0.5) is 0 Å². The molecule has 1 aliphatic carbocycles. The van der Waals surface area contributed by atoms with Crippen molar-refractivity contribution in [2.75, 3.05) is 5.75 Å². The van der Waals surface area contributed by atoms with E-state index in [-0.39, 0.29) is 11.7 Å². The van der Waals surface area contributed by atoms with E-state index in [1.807, 2.05) is 12.1 Å². The lowest BCUT2D eigenvalue weighted by molar-refractivity contribution is -0.121. The molecule has 1 atom stereocenters. The third-order valence-electron chi connectivity index (χ3n) is 3.89. The number of carbonyl (C=O) groups excluding carboxylic acids is 1. The molecule has 3 N–H and O–H groups in total. The van der Waals surface area contributed by atoms with Gasteiger partial charge in [0.2, 0.25) is 4.87 Å². The number of hydrogen-bond acceptors (Lipinski definition) is 4. The normalized spacial score (nSPS) is 26.1. The van der Waals surface area contributed by atoms with Gasteiger partial charge in [0.1, 0.15) is 0 Å². The van der Waals surface area contributed by atoms with Crippen molar-refractivity contribution in [3.63, 3.8) is 0 Å². The van der Waals surface area contributed by atoms with Gasteiger partial charge in [0.25, 0.3) is 5.91 Å². The van der Waals surface area contributed by atoms with Gasteiger partial charge >= 0.3 is 0 Å². The fraction of sp³-hybridized carbons (Fsp3) is 0.462. The summed E-state index contributed by atoms with van der Waals surface area (Å²) < 4.78 is 25.3. The summed E-state index contributed by atoms with van der Waals surface area (Å²) >= 11 is 0. The number of sulfone groups is 1. The zero-order chi connectivity index (χ0) is 13.7. The van der Waals surface area contributed by atoms with Crippen molar-refractivity contribution in [2.45, 2.75) is 24.3 Å². The van der Waals surface area contributed by atoms with E-state index in [9.17, 15) is 13.2 Å². The van der Waals surface area contributed by atoms with Crippen molar-refractivity contribution in [1.82, 2.24) is 5.32 Å². The highest BCUT2D eigenvalue weighted by atomic mass is 32.2. The van der Waals surface area contributed by atoms with Crippen LogP contribution >= 0.6 is 0 Å². The Morgan fingerprint density at radius 1 is 1.37 bits per heavy atom. The second-order valence-corrected chi connectivity index (χ2v) is 7.46. The number of fused-ring (bicyclic) bond motifs is 1. The Morgan fingerprint density at radius 3 is 2.68 bits per heavy atom. The molecule has 0 saturated heterocycles. The summed E-state index contributed by atoms with van der Waals surface area (Å²) in [4.78, 5) is 10.2. The molecular formula is C13H16N2O3S. The molecule has 1 saturated carbocycles. The quantitative estimate of drug-likeness (QED) is 0.827. The minimum absolute atomic E-state index is 0.0251. The first-order valence-electron chi connectivity index (χ1n) is 6.33. The van der Waals surface area contributed by atoms with Gasteiger partial charge in [-0.3, -0.25) is 10.1 Å². The zero-order valence-corrected chi connectivity index (χ0v) is 11.2. The summed E-state index contributed by atoms with van der Waals surface area (Å²) in [6.45, 7) is 0.350. The molecule has 19 heavy (non-hydrogen) atoms. The summed E-state index contributed by atoms with van der Waals surface area (Å²) in [6, 6.07) is 7.05.